The highest BCUT2D eigenvalue weighted by molar-refractivity contribution is 7.14. The first-order chi connectivity index (χ1) is 16.4. The number of amides is 1. The van der Waals surface area contributed by atoms with Crippen LogP contribution in [0.15, 0.2) is 53.4 Å². The number of anilines is 1. The summed E-state index contributed by atoms with van der Waals surface area (Å²) in [6.07, 6.45) is 1.34. The molecule has 11 heteroatoms. The molecule has 34 heavy (non-hydrogen) atoms. The Morgan fingerprint density at radius 1 is 1.24 bits per heavy atom. The molecule has 1 heterocycles. The third-order valence-corrected chi connectivity index (χ3v) is 5.32. The van der Waals surface area contributed by atoms with Crippen molar-refractivity contribution in [2.24, 2.45) is 0 Å². The van der Waals surface area contributed by atoms with E-state index in [1.807, 2.05) is 12.1 Å². The highest BCUT2D eigenvalue weighted by atomic mass is 32.1. The third-order valence-electron chi connectivity index (χ3n) is 4.50. The van der Waals surface area contributed by atoms with E-state index in [1.54, 1.807) is 29.6 Å². The van der Waals surface area contributed by atoms with Crippen molar-refractivity contribution in [1.29, 1.82) is 10.5 Å². The molecule has 1 N–H and O–H groups in total. The first kappa shape index (κ1) is 23.9. The fourth-order valence-electron chi connectivity index (χ4n) is 2.89. The van der Waals surface area contributed by atoms with Crippen LogP contribution in [0, 0.1) is 38.6 Å². The van der Waals surface area contributed by atoms with Crippen molar-refractivity contribution in [3.63, 3.8) is 0 Å². The number of halogens is 1. The minimum absolute atomic E-state index is 0.204. The average molecular weight is 478 g/mol. The first-order valence-corrected chi connectivity index (χ1v) is 10.4. The van der Waals surface area contributed by atoms with Gasteiger partial charge in [-0.15, -0.1) is 11.3 Å². The molecule has 0 unspecified atom stereocenters. The molecular weight excluding hydrogens is 463 g/mol. The number of methoxy groups -OCH3 is 1. The molecule has 0 aliphatic rings. The average Bonchev–Trinajstić information content (AvgIpc) is 3.28. The van der Waals surface area contributed by atoms with Gasteiger partial charge < -0.3 is 14.8 Å². The van der Waals surface area contributed by atoms with Crippen LogP contribution in [0.25, 0.3) is 6.08 Å². The second kappa shape index (κ2) is 10.7. The number of nitro benzene ring substituents is 1. The quantitative estimate of drug-likeness (QED) is 0.212. The smallest absolute Gasteiger partial charge is 0.311 e. The zero-order chi connectivity index (χ0) is 24.7. The van der Waals surface area contributed by atoms with Crippen LogP contribution in [-0.4, -0.2) is 17.9 Å². The normalized spacial score (nSPS) is 10.6. The standard InChI is InChI=1S/C23H15FN4O5S/c1-32-20-5-2-14(8-16(12-26)22(29)27-23-15(11-25)6-7-34-23)9-17(20)13-33-21-10-18(24)3-4-19(21)28(30)31/h2-10H,13H2,1H3,(H,27,29)/b16-8-. The molecule has 0 saturated heterocycles. The number of ether oxygens (including phenoxy) is 2. The summed E-state index contributed by atoms with van der Waals surface area (Å²) in [7, 11) is 1.42. The van der Waals surface area contributed by atoms with Gasteiger partial charge >= 0.3 is 5.69 Å². The van der Waals surface area contributed by atoms with Crippen LogP contribution in [0.4, 0.5) is 15.1 Å². The largest absolute Gasteiger partial charge is 0.496 e. The number of nitriles is 2. The molecular formula is C23H15FN4O5S. The molecule has 3 rings (SSSR count). The predicted molar refractivity (Wildman–Crippen MR) is 122 cm³/mol. The topological polar surface area (TPSA) is 138 Å². The zero-order valence-corrected chi connectivity index (χ0v) is 18.4. The van der Waals surface area contributed by atoms with E-state index in [9.17, 15) is 24.6 Å². The Hall–Kier alpha value is -4.74. The summed E-state index contributed by atoms with van der Waals surface area (Å²) >= 11 is 1.15. The van der Waals surface area contributed by atoms with Crippen molar-refractivity contribution in [1.82, 2.24) is 0 Å². The maximum absolute atomic E-state index is 13.6. The Morgan fingerprint density at radius 2 is 2.03 bits per heavy atom. The molecule has 3 aromatic rings. The van der Waals surface area contributed by atoms with Gasteiger partial charge in [0.25, 0.3) is 5.91 Å². The molecule has 1 aromatic heterocycles. The molecule has 0 spiro atoms. The van der Waals surface area contributed by atoms with Gasteiger partial charge in [0.05, 0.1) is 17.6 Å². The fraction of sp³-hybridized carbons (Fsp3) is 0.0870. The Kier molecular flexibility index (Phi) is 7.54. The molecule has 2 aromatic carbocycles. The van der Waals surface area contributed by atoms with Gasteiger partial charge in [0, 0.05) is 17.7 Å². The molecule has 0 fully saturated rings. The number of nitrogens with one attached hydrogen (secondary N) is 1. The van der Waals surface area contributed by atoms with Gasteiger partial charge in [-0.3, -0.25) is 14.9 Å². The third kappa shape index (κ3) is 5.54. The van der Waals surface area contributed by atoms with Crippen LogP contribution in [-0.2, 0) is 11.4 Å². The lowest BCUT2D eigenvalue weighted by Crippen LogP contribution is -2.13. The van der Waals surface area contributed by atoms with Crippen LogP contribution in [0.2, 0.25) is 0 Å². The highest BCUT2D eigenvalue weighted by Gasteiger charge is 2.17. The second-order valence-corrected chi connectivity index (χ2v) is 7.54. The SMILES string of the molecule is COc1ccc(/C=C(/C#N)C(=O)Nc2sccc2C#N)cc1COc1cc(F)ccc1[N+](=O)[O-]. The Balaban J connectivity index is 1.86. The van der Waals surface area contributed by atoms with Crippen LogP contribution >= 0.6 is 11.3 Å². The predicted octanol–water partition coefficient (Wildman–Crippen LogP) is 4.80. The molecule has 0 saturated carbocycles. The van der Waals surface area contributed by atoms with Crippen LogP contribution in [0.5, 0.6) is 11.5 Å². The van der Waals surface area contributed by atoms with Crippen molar-refractivity contribution in [2.75, 3.05) is 12.4 Å². The Labute approximate surface area is 197 Å². The van der Waals surface area contributed by atoms with E-state index in [4.69, 9.17) is 14.7 Å². The van der Waals surface area contributed by atoms with E-state index in [-0.39, 0.29) is 23.5 Å². The summed E-state index contributed by atoms with van der Waals surface area (Å²) in [5, 5.41) is 34.2. The fourth-order valence-corrected chi connectivity index (χ4v) is 3.62. The second-order valence-electron chi connectivity index (χ2n) is 6.63. The number of rotatable bonds is 8. The van der Waals surface area contributed by atoms with E-state index < -0.39 is 22.3 Å². The lowest BCUT2D eigenvalue weighted by molar-refractivity contribution is -0.386. The van der Waals surface area contributed by atoms with E-state index in [0.717, 1.165) is 29.5 Å². The summed E-state index contributed by atoms with van der Waals surface area (Å²) in [6, 6.07) is 12.9. The van der Waals surface area contributed by atoms with Crippen molar-refractivity contribution >= 4 is 34.0 Å². The molecule has 9 nitrogen and oxygen atoms in total. The first-order valence-electron chi connectivity index (χ1n) is 9.50. The summed E-state index contributed by atoms with van der Waals surface area (Å²) in [5.41, 5.74) is 0.565. The number of carbonyl (C=O) groups excluding carboxylic acids is 1. The van der Waals surface area contributed by atoms with Crippen LogP contribution in [0.3, 0.4) is 0 Å². The van der Waals surface area contributed by atoms with Crippen molar-refractivity contribution in [2.45, 2.75) is 6.61 Å². The molecule has 0 aliphatic heterocycles. The number of nitrogens with zero attached hydrogens (tertiary/aromatic N) is 3. The minimum atomic E-state index is -0.695. The van der Waals surface area contributed by atoms with Gasteiger partial charge in [-0.05, 0) is 41.3 Å². The summed E-state index contributed by atoms with van der Waals surface area (Å²) < 4.78 is 24.3. The number of hydrogen-bond donors (Lipinski definition) is 1. The maximum Gasteiger partial charge on any atom is 0.311 e. The Bertz CT molecular complexity index is 1370. The number of benzene rings is 2. The van der Waals surface area contributed by atoms with E-state index >= 15 is 0 Å². The molecule has 170 valence electrons. The number of nitro groups is 1. The van der Waals surface area contributed by atoms with E-state index in [0.29, 0.717) is 21.9 Å². The van der Waals surface area contributed by atoms with Crippen molar-refractivity contribution in [3.8, 4) is 23.6 Å². The number of carbonyl (C=O) groups is 1. The van der Waals surface area contributed by atoms with Gasteiger partial charge in [-0.2, -0.15) is 10.5 Å². The lowest BCUT2D eigenvalue weighted by atomic mass is 10.1. The van der Waals surface area contributed by atoms with Gasteiger partial charge in [0.2, 0.25) is 0 Å². The Morgan fingerprint density at radius 3 is 2.71 bits per heavy atom. The summed E-state index contributed by atoms with van der Waals surface area (Å²) in [5.74, 6) is -1.25. The number of thiophene rings is 1. The van der Waals surface area contributed by atoms with E-state index in [2.05, 4.69) is 5.32 Å². The molecule has 0 aliphatic carbocycles. The minimum Gasteiger partial charge on any atom is -0.496 e. The van der Waals surface area contributed by atoms with Gasteiger partial charge in [-0.25, -0.2) is 4.39 Å². The van der Waals surface area contributed by atoms with Crippen LogP contribution in [0.1, 0.15) is 16.7 Å². The highest BCUT2D eigenvalue weighted by Crippen LogP contribution is 2.30. The van der Waals surface area contributed by atoms with Crippen molar-refractivity contribution in [3.05, 3.63) is 86.0 Å². The lowest BCUT2D eigenvalue weighted by Gasteiger charge is -2.12. The zero-order valence-electron chi connectivity index (χ0n) is 17.6. The van der Waals surface area contributed by atoms with Gasteiger partial charge in [0.15, 0.2) is 5.75 Å². The summed E-state index contributed by atoms with van der Waals surface area (Å²) in [4.78, 5) is 23.0. The molecule has 0 radical (unpaired) electrons. The molecule has 0 atom stereocenters. The van der Waals surface area contributed by atoms with E-state index in [1.165, 1.54) is 13.2 Å². The van der Waals surface area contributed by atoms with Crippen LogP contribution < -0.4 is 14.8 Å². The monoisotopic (exact) mass is 478 g/mol. The number of hydrogen-bond acceptors (Lipinski definition) is 8. The molecule has 1 amide bonds. The van der Waals surface area contributed by atoms with Gasteiger partial charge in [0.1, 0.15) is 40.9 Å². The maximum atomic E-state index is 13.6. The van der Waals surface area contributed by atoms with Crippen molar-refractivity contribution < 1.29 is 23.6 Å². The molecule has 0 bridgehead atoms. The van der Waals surface area contributed by atoms with Gasteiger partial charge in [-0.1, -0.05) is 6.07 Å². The summed E-state index contributed by atoms with van der Waals surface area (Å²) in [6.45, 7) is -0.204.